The minimum Gasteiger partial charge on any atom is -0.471 e. The van der Waals surface area contributed by atoms with Crippen molar-refractivity contribution in [3.05, 3.63) is 11.8 Å². The monoisotopic (exact) mass is 168 g/mol. The van der Waals surface area contributed by atoms with Crippen molar-refractivity contribution in [2.75, 3.05) is 13.1 Å². The topological polar surface area (TPSA) is 47.3 Å². The summed E-state index contributed by atoms with van der Waals surface area (Å²) in [7, 11) is 0. The highest BCUT2D eigenvalue weighted by atomic mass is 16.5. The van der Waals surface area contributed by atoms with Gasteiger partial charge in [0.05, 0.1) is 0 Å². The number of ether oxygens (including phenoxy) is 1. The number of rotatable bonds is 2. The first kappa shape index (κ1) is 7.61. The molecule has 1 aliphatic rings. The van der Waals surface area contributed by atoms with E-state index in [-0.39, 0.29) is 6.10 Å². The SMILES string of the molecule is Cc1cc(OC2CCNC2)no1. The molecule has 0 amide bonds. The maximum Gasteiger partial charge on any atom is 0.254 e. The third-order valence-corrected chi connectivity index (χ3v) is 1.91. The molecule has 0 radical (unpaired) electrons. The smallest absolute Gasteiger partial charge is 0.254 e. The lowest BCUT2D eigenvalue weighted by Crippen LogP contribution is -2.19. The van der Waals surface area contributed by atoms with Crippen LogP contribution >= 0.6 is 0 Å². The maximum absolute atomic E-state index is 5.53. The average molecular weight is 168 g/mol. The minimum atomic E-state index is 0.259. The molecule has 66 valence electrons. The third kappa shape index (κ3) is 1.58. The summed E-state index contributed by atoms with van der Waals surface area (Å²) in [5.41, 5.74) is 0. The van der Waals surface area contributed by atoms with Crippen molar-refractivity contribution in [1.29, 1.82) is 0 Å². The standard InChI is InChI=1S/C8H12N2O2/c1-6-4-8(10-12-6)11-7-2-3-9-5-7/h4,7,9H,2-3,5H2,1H3. The molecule has 0 saturated carbocycles. The Labute approximate surface area is 70.9 Å². The number of aryl methyl sites for hydroxylation is 1. The molecule has 1 aliphatic heterocycles. The van der Waals surface area contributed by atoms with Crippen LogP contribution in [0.4, 0.5) is 0 Å². The van der Waals surface area contributed by atoms with Crippen LogP contribution in [0.15, 0.2) is 10.6 Å². The highest BCUT2D eigenvalue weighted by molar-refractivity contribution is 5.10. The molecule has 0 spiro atoms. The van der Waals surface area contributed by atoms with Crippen LogP contribution in [-0.4, -0.2) is 24.4 Å². The second kappa shape index (κ2) is 3.15. The van der Waals surface area contributed by atoms with Crippen LogP contribution in [0.25, 0.3) is 0 Å². The molecule has 2 rings (SSSR count). The molecule has 0 aliphatic carbocycles. The summed E-state index contributed by atoms with van der Waals surface area (Å²) in [4.78, 5) is 0. The van der Waals surface area contributed by atoms with Crippen LogP contribution in [0.3, 0.4) is 0 Å². The fourth-order valence-electron chi connectivity index (χ4n) is 1.30. The van der Waals surface area contributed by atoms with Gasteiger partial charge in [-0.2, -0.15) is 0 Å². The van der Waals surface area contributed by atoms with Gasteiger partial charge in [-0.1, -0.05) is 0 Å². The number of hydrogen-bond donors (Lipinski definition) is 1. The van der Waals surface area contributed by atoms with Crippen LogP contribution < -0.4 is 10.1 Å². The lowest BCUT2D eigenvalue weighted by molar-refractivity contribution is 0.201. The van der Waals surface area contributed by atoms with Gasteiger partial charge in [0.25, 0.3) is 5.88 Å². The largest absolute Gasteiger partial charge is 0.471 e. The summed E-state index contributed by atoms with van der Waals surface area (Å²) in [5.74, 6) is 1.39. The zero-order valence-electron chi connectivity index (χ0n) is 7.04. The normalized spacial score (nSPS) is 22.9. The Bertz CT molecular complexity index is 253. The van der Waals surface area contributed by atoms with E-state index in [1.807, 2.05) is 6.92 Å². The van der Waals surface area contributed by atoms with Gasteiger partial charge in [0, 0.05) is 12.6 Å². The number of nitrogens with one attached hydrogen (secondary N) is 1. The Balaban J connectivity index is 1.94. The molecule has 1 saturated heterocycles. The van der Waals surface area contributed by atoms with Crippen LogP contribution in [-0.2, 0) is 0 Å². The van der Waals surface area contributed by atoms with Crippen molar-refractivity contribution < 1.29 is 9.26 Å². The summed E-state index contributed by atoms with van der Waals surface area (Å²) in [6, 6.07) is 1.80. The zero-order valence-corrected chi connectivity index (χ0v) is 7.04. The predicted molar refractivity (Wildman–Crippen MR) is 43.1 cm³/mol. The lowest BCUT2D eigenvalue weighted by atomic mass is 10.3. The van der Waals surface area contributed by atoms with Gasteiger partial charge in [-0.25, -0.2) is 0 Å². The maximum atomic E-state index is 5.53. The highest BCUT2D eigenvalue weighted by Crippen LogP contribution is 2.14. The van der Waals surface area contributed by atoms with E-state index >= 15 is 0 Å². The van der Waals surface area contributed by atoms with Crippen molar-refractivity contribution >= 4 is 0 Å². The van der Waals surface area contributed by atoms with Gasteiger partial charge in [-0.3, -0.25) is 0 Å². The summed E-state index contributed by atoms with van der Waals surface area (Å²) in [5, 5.41) is 6.97. The molecular formula is C8H12N2O2. The van der Waals surface area contributed by atoms with E-state index < -0.39 is 0 Å². The van der Waals surface area contributed by atoms with Crippen molar-refractivity contribution in [3.8, 4) is 5.88 Å². The minimum absolute atomic E-state index is 0.259. The molecule has 1 N–H and O–H groups in total. The van der Waals surface area contributed by atoms with E-state index in [0.29, 0.717) is 5.88 Å². The van der Waals surface area contributed by atoms with Crippen molar-refractivity contribution in [2.45, 2.75) is 19.4 Å². The Kier molecular flexibility index (Phi) is 1.99. The fraction of sp³-hybridized carbons (Fsp3) is 0.625. The molecule has 1 atom stereocenters. The first-order valence-corrected chi connectivity index (χ1v) is 4.15. The highest BCUT2D eigenvalue weighted by Gasteiger charge is 2.17. The molecule has 0 bridgehead atoms. The third-order valence-electron chi connectivity index (χ3n) is 1.91. The lowest BCUT2D eigenvalue weighted by Gasteiger charge is -2.07. The molecule has 1 fully saturated rings. The first-order chi connectivity index (χ1) is 5.84. The first-order valence-electron chi connectivity index (χ1n) is 4.15. The Morgan fingerprint density at radius 2 is 2.67 bits per heavy atom. The summed E-state index contributed by atoms with van der Waals surface area (Å²) >= 11 is 0. The molecule has 4 heteroatoms. The zero-order chi connectivity index (χ0) is 8.39. The fourth-order valence-corrected chi connectivity index (χ4v) is 1.30. The summed E-state index contributed by atoms with van der Waals surface area (Å²) < 4.78 is 10.4. The van der Waals surface area contributed by atoms with E-state index in [1.54, 1.807) is 6.07 Å². The van der Waals surface area contributed by atoms with Gasteiger partial charge in [0.2, 0.25) is 0 Å². The van der Waals surface area contributed by atoms with Crippen LogP contribution in [0.1, 0.15) is 12.2 Å². The van der Waals surface area contributed by atoms with Gasteiger partial charge in [0.1, 0.15) is 11.9 Å². The van der Waals surface area contributed by atoms with Crippen LogP contribution in [0.5, 0.6) is 5.88 Å². The molecule has 0 aromatic carbocycles. The van der Waals surface area contributed by atoms with Crippen molar-refractivity contribution in [1.82, 2.24) is 10.5 Å². The molecule has 2 heterocycles. The Hall–Kier alpha value is -1.03. The molecular weight excluding hydrogens is 156 g/mol. The van der Waals surface area contributed by atoms with Gasteiger partial charge in [0.15, 0.2) is 0 Å². The van der Waals surface area contributed by atoms with Gasteiger partial charge < -0.3 is 14.6 Å². The van der Waals surface area contributed by atoms with Gasteiger partial charge >= 0.3 is 0 Å². The number of aromatic nitrogens is 1. The molecule has 1 aromatic heterocycles. The molecule has 12 heavy (non-hydrogen) atoms. The van der Waals surface area contributed by atoms with Gasteiger partial charge in [-0.05, 0) is 25.0 Å². The second-order valence-corrected chi connectivity index (χ2v) is 3.01. The van der Waals surface area contributed by atoms with E-state index in [4.69, 9.17) is 9.26 Å². The Morgan fingerprint density at radius 1 is 1.75 bits per heavy atom. The van der Waals surface area contributed by atoms with E-state index in [1.165, 1.54) is 0 Å². The number of nitrogens with zero attached hydrogens (tertiary/aromatic N) is 1. The molecule has 1 aromatic rings. The van der Waals surface area contributed by atoms with E-state index in [2.05, 4.69) is 10.5 Å². The quantitative estimate of drug-likeness (QED) is 0.707. The summed E-state index contributed by atoms with van der Waals surface area (Å²) in [6.07, 6.45) is 1.31. The molecule has 1 unspecified atom stereocenters. The van der Waals surface area contributed by atoms with Crippen LogP contribution in [0, 0.1) is 6.92 Å². The van der Waals surface area contributed by atoms with Crippen molar-refractivity contribution in [3.63, 3.8) is 0 Å². The Morgan fingerprint density at radius 3 is 3.25 bits per heavy atom. The van der Waals surface area contributed by atoms with E-state index in [0.717, 1.165) is 25.3 Å². The summed E-state index contributed by atoms with van der Waals surface area (Å²) in [6.45, 7) is 3.79. The number of hydrogen-bond acceptors (Lipinski definition) is 4. The van der Waals surface area contributed by atoms with E-state index in [9.17, 15) is 0 Å². The average Bonchev–Trinajstić information content (AvgIpc) is 2.63. The van der Waals surface area contributed by atoms with Crippen LogP contribution in [0.2, 0.25) is 0 Å². The predicted octanol–water partition coefficient (Wildman–Crippen LogP) is 0.724. The molecule has 4 nitrogen and oxygen atoms in total. The van der Waals surface area contributed by atoms with Gasteiger partial charge in [-0.15, -0.1) is 0 Å². The second-order valence-electron chi connectivity index (χ2n) is 3.01. The van der Waals surface area contributed by atoms with Crippen molar-refractivity contribution in [2.24, 2.45) is 0 Å².